The summed E-state index contributed by atoms with van der Waals surface area (Å²) in [5.74, 6) is 0. The Morgan fingerprint density at radius 1 is 1.09 bits per heavy atom. The summed E-state index contributed by atoms with van der Waals surface area (Å²) in [6.07, 6.45) is 0. The van der Waals surface area contributed by atoms with Crippen LogP contribution in [0.15, 0.2) is 54.6 Å². The van der Waals surface area contributed by atoms with Crippen LogP contribution in [0.2, 0.25) is 5.02 Å². The zero-order valence-electron chi connectivity index (χ0n) is 13.1. The molecule has 116 valence electrons. The van der Waals surface area contributed by atoms with E-state index < -0.39 is 5.54 Å². The van der Waals surface area contributed by atoms with Gasteiger partial charge in [-0.2, -0.15) is 0 Å². The topological polar surface area (TPSA) is 32.3 Å². The fourth-order valence-corrected chi connectivity index (χ4v) is 2.70. The third kappa shape index (κ3) is 4.01. The molecule has 0 radical (unpaired) electrons. The Kier molecular flexibility index (Phi) is 5.09. The van der Waals surface area contributed by atoms with Gasteiger partial charge in [0.15, 0.2) is 0 Å². The number of halogens is 1. The lowest BCUT2D eigenvalue weighted by Gasteiger charge is -2.30. The second-order valence-corrected chi connectivity index (χ2v) is 6.28. The first-order chi connectivity index (χ1) is 10.4. The van der Waals surface area contributed by atoms with Gasteiger partial charge in [0, 0.05) is 18.6 Å². The van der Waals surface area contributed by atoms with Gasteiger partial charge in [-0.3, -0.25) is 0 Å². The van der Waals surface area contributed by atoms with E-state index in [0.29, 0.717) is 11.6 Å². The van der Waals surface area contributed by atoms with Gasteiger partial charge in [0.1, 0.15) is 0 Å². The van der Waals surface area contributed by atoms with Gasteiger partial charge in [0.2, 0.25) is 0 Å². The molecular weight excluding hydrogens is 296 g/mol. The zero-order valence-corrected chi connectivity index (χ0v) is 13.9. The van der Waals surface area contributed by atoms with E-state index in [9.17, 15) is 4.79 Å². The summed E-state index contributed by atoms with van der Waals surface area (Å²) in [7, 11) is 1.78. The zero-order chi connectivity index (χ0) is 16.2. The van der Waals surface area contributed by atoms with Crippen molar-refractivity contribution in [2.24, 2.45) is 0 Å². The number of hydrogen-bond acceptors (Lipinski definition) is 1. The second kappa shape index (κ2) is 6.84. The van der Waals surface area contributed by atoms with Crippen LogP contribution in [0.25, 0.3) is 0 Å². The van der Waals surface area contributed by atoms with Gasteiger partial charge in [0.05, 0.1) is 5.54 Å². The molecule has 3 nitrogen and oxygen atoms in total. The maximum absolute atomic E-state index is 12.4. The van der Waals surface area contributed by atoms with Crippen molar-refractivity contribution in [3.05, 3.63) is 70.7 Å². The molecule has 2 aromatic carbocycles. The molecule has 0 aliphatic carbocycles. The van der Waals surface area contributed by atoms with Crippen molar-refractivity contribution in [3.8, 4) is 0 Å². The number of nitrogens with zero attached hydrogens (tertiary/aromatic N) is 1. The van der Waals surface area contributed by atoms with Gasteiger partial charge in [-0.25, -0.2) is 4.79 Å². The third-order valence-corrected chi connectivity index (χ3v) is 3.91. The van der Waals surface area contributed by atoms with Gasteiger partial charge >= 0.3 is 6.03 Å². The molecular formula is C18H21ClN2O. The summed E-state index contributed by atoms with van der Waals surface area (Å²) < 4.78 is 0. The monoisotopic (exact) mass is 316 g/mol. The Bertz CT molecular complexity index is 641. The normalized spacial score (nSPS) is 11.1. The molecule has 0 aliphatic heterocycles. The van der Waals surface area contributed by atoms with Crippen molar-refractivity contribution >= 4 is 17.6 Å². The van der Waals surface area contributed by atoms with Crippen LogP contribution in [0.1, 0.15) is 25.0 Å². The van der Waals surface area contributed by atoms with Crippen LogP contribution in [-0.4, -0.2) is 18.0 Å². The molecule has 0 spiro atoms. The lowest BCUT2D eigenvalue weighted by Crippen LogP contribution is -2.47. The Morgan fingerprint density at radius 3 is 2.32 bits per heavy atom. The van der Waals surface area contributed by atoms with Gasteiger partial charge in [0.25, 0.3) is 0 Å². The summed E-state index contributed by atoms with van der Waals surface area (Å²) in [5.41, 5.74) is 1.45. The minimum atomic E-state index is -0.541. The lowest BCUT2D eigenvalue weighted by molar-refractivity contribution is 0.195. The van der Waals surface area contributed by atoms with E-state index in [1.807, 2.05) is 68.4 Å². The van der Waals surface area contributed by atoms with Gasteiger partial charge in [-0.1, -0.05) is 60.1 Å². The maximum atomic E-state index is 12.4. The fraction of sp³-hybridized carbons (Fsp3) is 0.278. The van der Waals surface area contributed by atoms with Gasteiger partial charge in [-0.15, -0.1) is 0 Å². The van der Waals surface area contributed by atoms with E-state index in [1.54, 1.807) is 11.9 Å². The van der Waals surface area contributed by atoms with E-state index in [0.717, 1.165) is 11.1 Å². The summed E-state index contributed by atoms with van der Waals surface area (Å²) in [6.45, 7) is 4.45. The molecule has 0 bridgehead atoms. The van der Waals surface area contributed by atoms with E-state index in [4.69, 9.17) is 11.6 Å². The van der Waals surface area contributed by atoms with Crippen molar-refractivity contribution in [3.63, 3.8) is 0 Å². The summed E-state index contributed by atoms with van der Waals surface area (Å²) in [4.78, 5) is 14.1. The first kappa shape index (κ1) is 16.4. The minimum Gasteiger partial charge on any atom is -0.329 e. The van der Waals surface area contributed by atoms with Crippen molar-refractivity contribution in [2.45, 2.75) is 25.9 Å². The Labute approximate surface area is 136 Å². The van der Waals surface area contributed by atoms with Crippen LogP contribution >= 0.6 is 11.6 Å². The molecule has 1 N–H and O–H groups in total. The van der Waals surface area contributed by atoms with Crippen molar-refractivity contribution < 1.29 is 4.79 Å². The van der Waals surface area contributed by atoms with E-state index in [1.165, 1.54) is 0 Å². The molecule has 2 rings (SSSR count). The largest absolute Gasteiger partial charge is 0.329 e. The number of hydrogen-bond donors (Lipinski definition) is 1. The molecule has 22 heavy (non-hydrogen) atoms. The first-order valence-corrected chi connectivity index (χ1v) is 7.60. The van der Waals surface area contributed by atoms with Crippen LogP contribution in [-0.2, 0) is 12.1 Å². The van der Waals surface area contributed by atoms with Crippen LogP contribution in [0, 0.1) is 0 Å². The van der Waals surface area contributed by atoms with Crippen molar-refractivity contribution in [1.29, 1.82) is 0 Å². The molecule has 0 unspecified atom stereocenters. The average molecular weight is 317 g/mol. The summed E-state index contributed by atoms with van der Waals surface area (Å²) >= 11 is 6.24. The predicted molar refractivity (Wildman–Crippen MR) is 90.9 cm³/mol. The van der Waals surface area contributed by atoms with E-state index >= 15 is 0 Å². The Morgan fingerprint density at radius 2 is 1.68 bits per heavy atom. The average Bonchev–Trinajstić information content (AvgIpc) is 2.48. The SMILES string of the molecule is CN(Cc1ccccc1)C(=O)NC(C)(C)c1ccccc1Cl. The third-order valence-electron chi connectivity index (χ3n) is 3.58. The summed E-state index contributed by atoms with van der Waals surface area (Å²) in [5, 5.41) is 3.69. The highest BCUT2D eigenvalue weighted by Crippen LogP contribution is 2.27. The van der Waals surface area contributed by atoms with Crippen LogP contribution < -0.4 is 5.32 Å². The molecule has 0 atom stereocenters. The number of carbonyl (C=O) groups excluding carboxylic acids is 1. The van der Waals surface area contributed by atoms with E-state index in [-0.39, 0.29) is 6.03 Å². The van der Waals surface area contributed by atoms with Gasteiger partial charge in [-0.05, 0) is 31.0 Å². The molecule has 0 aromatic heterocycles. The number of urea groups is 1. The minimum absolute atomic E-state index is 0.131. The molecule has 0 saturated carbocycles. The second-order valence-electron chi connectivity index (χ2n) is 5.88. The number of nitrogens with one attached hydrogen (secondary N) is 1. The molecule has 0 heterocycles. The Balaban J connectivity index is 2.06. The first-order valence-electron chi connectivity index (χ1n) is 7.22. The number of carbonyl (C=O) groups is 1. The number of amides is 2. The predicted octanol–water partition coefficient (Wildman–Crippen LogP) is 4.42. The fourth-order valence-electron chi connectivity index (χ4n) is 2.33. The highest BCUT2D eigenvalue weighted by atomic mass is 35.5. The highest BCUT2D eigenvalue weighted by Gasteiger charge is 2.26. The number of rotatable bonds is 4. The van der Waals surface area contributed by atoms with Crippen LogP contribution in [0.4, 0.5) is 4.79 Å². The maximum Gasteiger partial charge on any atom is 0.318 e. The van der Waals surface area contributed by atoms with Crippen molar-refractivity contribution in [2.75, 3.05) is 7.05 Å². The highest BCUT2D eigenvalue weighted by molar-refractivity contribution is 6.31. The lowest BCUT2D eigenvalue weighted by atomic mass is 9.94. The van der Waals surface area contributed by atoms with Gasteiger partial charge < -0.3 is 10.2 Å². The van der Waals surface area contributed by atoms with Crippen LogP contribution in [0.5, 0.6) is 0 Å². The quantitative estimate of drug-likeness (QED) is 0.890. The molecule has 2 amide bonds. The smallest absolute Gasteiger partial charge is 0.318 e. The van der Waals surface area contributed by atoms with Crippen LogP contribution in [0.3, 0.4) is 0 Å². The Hall–Kier alpha value is -2.00. The standard InChI is InChI=1S/C18H21ClN2O/c1-18(2,15-11-7-8-12-16(15)19)20-17(22)21(3)13-14-9-5-4-6-10-14/h4-12H,13H2,1-3H3,(H,20,22). The van der Waals surface area contributed by atoms with E-state index in [2.05, 4.69) is 5.32 Å². The number of benzene rings is 2. The molecule has 0 aliphatic rings. The molecule has 2 aromatic rings. The van der Waals surface area contributed by atoms with Crippen molar-refractivity contribution in [1.82, 2.24) is 10.2 Å². The summed E-state index contributed by atoms with van der Waals surface area (Å²) in [6, 6.07) is 17.3. The molecule has 0 saturated heterocycles. The molecule has 4 heteroatoms. The molecule has 0 fully saturated rings.